The third-order valence-electron chi connectivity index (χ3n) is 4.38. The van der Waals surface area contributed by atoms with Crippen molar-refractivity contribution in [1.29, 1.82) is 0 Å². The summed E-state index contributed by atoms with van der Waals surface area (Å²) in [6, 6.07) is 19.0. The van der Waals surface area contributed by atoms with Crippen LogP contribution in [0.1, 0.15) is 5.56 Å². The third-order valence-corrected chi connectivity index (χ3v) is 4.38. The van der Waals surface area contributed by atoms with Crippen molar-refractivity contribution in [2.75, 3.05) is 31.5 Å². The second-order valence-corrected chi connectivity index (χ2v) is 6.24. The highest BCUT2D eigenvalue weighted by atomic mass is 16.4. The maximum absolute atomic E-state index is 5.79. The summed E-state index contributed by atoms with van der Waals surface area (Å²) in [5, 5.41) is 6.61. The van der Waals surface area contributed by atoms with Gasteiger partial charge in [-0.3, -0.25) is 4.90 Å². The van der Waals surface area contributed by atoms with Gasteiger partial charge in [0.15, 0.2) is 5.76 Å². The Morgan fingerprint density at radius 3 is 2.52 bits per heavy atom. The third kappa shape index (κ3) is 4.07. The molecule has 0 unspecified atom stereocenters. The molecule has 2 heterocycles. The predicted molar refractivity (Wildman–Crippen MR) is 99.8 cm³/mol. The van der Waals surface area contributed by atoms with E-state index >= 15 is 0 Å². The number of hydrogen-bond acceptors (Lipinski definition) is 5. The number of piperazine rings is 1. The summed E-state index contributed by atoms with van der Waals surface area (Å²) in [5.41, 5.74) is 3.32. The van der Waals surface area contributed by atoms with E-state index in [1.807, 2.05) is 30.3 Å². The molecular formula is C20H22N4O. The van der Waals surface area contributed by atoms with Gasteiger partial charge < -0.3 is 15.1 Å². The highest BCUT2D eigenvalue weighted by Crippen LogP contribution is 2.24. The number of rotatable bonds is 5. The molecule has 0 atom stereocenters. The molecule has 1 fully saturated rings. The number of nitrogens with one attached hydrogen (secondary N) is 2. The molecule has 5 nitrogen and oxygen atoms in total. The van der Waals surface area contributed by atoms with Gasteiger partial charge in [-0.25, -0.2) is 4.98 Å². The Labute approximate surface area is 147 Å². The van der Waals surface area contributed by atoms with Gasteiger partial charge in [0.25, 0.3) is 6.01 Å². The second kappa shape index (κ2) is 7.51. The molecule has 2 aromatic carbocycles. The van der Waals surface area contributed by atoms with Crippen molar-refractivity contribution in [3.8, 4) is 11.3 Å². The highest BCUT2D eigenvalue weighted by molar-refractivity contribution is 5.59. The number of nitrogens with zero attached hydrogens (tertiary/aromatic N) is 2. The van der Waals surface area contributed by atoms with Crippen LogP contribution in [0.2, 0.25) is 0 Å². The van der Waals surface area contributed by atoms with Crippen LogP contribution in [-0.4, -0.2) is 36.1 Å². The summed E-state index contributed by atoms with van der Waals surface area (Å²) in [7, 11) is 0. The van der Waals surface area contributed by atoms with Gasteiger partial charge in [0.1, 0.15) is 0 Å². The van der Waals surface area contributed by atoms with E-state index in [-0.39, 0.29) is 0 Å². The lowest BCUT2D eigenvalue weighted by atomic mass is 10.2. The van der Waals surface area contributed by atoms with E-state index in [1.54, 1.807) is 6.20 Å². The summed E-state index contributed by atoms with van der Waals surface area (Å²) >= 11 is 0. The van der Waals surface area contributed by atoms with Crippen LogP contribution in [0.5, 0.6) is 0 Å². The summed E-state index contributed by atoms with van der Waals surface area (Å²) in [4.78, 5) is 6.78. The molecule has 2 N–H and O–H groups in total. The van der Waals surface area contributed by atoms with Gasteiger partial charge >= 0.3 is 0 Å². The van der Waals surface area contributed by atoms with Gasteiger partial charge in [0.2, 0.25) is 0 Å². The topological polar surface area (TPSA) is 53.3 Å². The Hall–Kier alpha value is -2.63. The fourth-order valence-corrected chi connectivity index (χ4v) is 3.01. The molecule has 1 aliphatic rings. The Bertz CT molecular complexity index is 792. The van der Waals surface area contributed by atoms with Crippen molar-refractivity contribution in [3.63, 3.8) is 0 Å². The van der Waals surface area contributed by atoms with Crippen LogP contribution in [0.25, 0.3) is 11.3 Å². The second-order valence-electron chi connectivity index (χ2n) is 6.24. The van der Waals surface area contributed by atoms with Gasteiger partial charge in [0, 0.05) is 44.0 Å². The summed E-state index contributed by atoms with van der Waals surface area (Å²) in [6.07, 6.45) is 1.75. The Morgan fingerprint density at radius 2 is 1.76 bits per heavy atom. The summed E-state index contributed by atoms with van der Waals surface area (Å²) in [5.74, 6) is 0.762. The van der Waals surface area contributed by atoms with E-state index in [1.165, 1.54) is 5.56 Å². The first-order valence-corrected chi connectivity index (χ1v) is 8.67. The predicted octanol–water partition coefficient (Wildman–Crippen LogP) is 3.49. The number of hydrogen-bond donors (Lipinski definition) is 2. The van der Waals surface area contributed by atoms with E-state index in [2.05, 4.69) is 44.8 Å². The Kier molecular flexibility index (Phi) is 4.77. The lowest BCUT2D eigenvalue weighted by Crippen LogP contribution is -2.42. The van der Waals surface area contributed by atoms with Gasteiger partial charge in [-0.1, -0.05) is 42.5 Å². The van der Waals surface area contributed by atoms with Crippen molar-refractivity contribution in [3.05, 3.63) is 66.4 Å². The molecule has 4 rings (SSSR count). The fourth-order valence-electron chi connectivity index (χ4n) is 3.01. The van der Waals surface area contributed by atoms with Crippen LogP contribution >= 0.6 is 0 Å². The number of anilines is 2. The van der Waals surface area contributed by atoms with Gasteiger partial charge in [-0.15, -0.1) is 0 Å². The average Bonchev–Trinajstić information content (AvgIpc) is 3.14. The van der Waals surface area contributed by atoms with Crippen LogP contribution in [0.15, 0.2) is 65.2 Å². The molecule has 1 saturated heterocycles. The van der Waals surface area contributed by atoms with E-state index in [0.717, 1.165) is 49.7 Å². The average molecular weight is 334 g/mol. The molecule has 1 aromatic heterocycles. The van der Waals surface area contributed by atoms with Gasteiger partial charge in [0.05, 0.1) is 6.20 Å². The lowest BCUT2D eigenvalue weighted by molar-refractivity contribution is 0.233. The monoisotopic (exact) mass is 334 g/mol. The molecular weight excluding hydrogens is 312 g/mol. The molecule has 0 saturated carbocycles. The van der Waals surface area contributed by atoms with Crippen molar-refractivity contribution in [1.82, 2.24) is 15.2 Å². The number of aromatic nitrogens is 1. The van der Waals surface area contributed by atoms with Crippen LogP contribution in [0, 0.1) is 0 Å². The van der Waals surface area contributed by atoms with E-state index in [9.17, 15) is 0 Å². The molecule has 0 radical (unpaired) electrons. The van der Waals surface area contributed by atoms with Crippen LogP contribution in [0.4, 0.5) is 11.7 Å². The Balaban J connectivity index is 1.39. The Morgan fingerprint density at radius 1 is 1.00 bits per heavy atom. The van der Waals surface area contributed by atoms with Crippen LogP contribution in [0.3, 0.4) is 0 Å². The zero-order valence-corrected chi connectivity index (χ0v) is 14.1. The van der Waals surface area contributed by atoms with E-state index in [4.69, 9.17) is 4.42 Å². The molecule has 5 heteroatoms. The van der Waals surface area contributed by atoms with Crippen molar-refractivity contribution >= 4 is 11.7 Å². The summed E-state index contributed by atoms with van der Waals surface area (Å²) < 4.78 is 5.79. The highest BCUT2D eigenvalue weighted by Gasteiger charge is 2.10. The first-order chi connectivity index (χ1) is 12.4. The minimum Gasteiger partial charge on any atom is -0.423 e. The molecule has 0 bridgehead atoms. The van der Waals surface area contributed by atoms with Crippen molar-refractivity contribution in [2.45, 2.75) is 6.54 Å². The zero-order valence-electron chi connectivity index (χ0n) is 14.1. The number of oxazole rings is 1. The zero-order chi connectivity index (χ0) is 16.9. The fraction of sp³-hybridized carbons (Fsp3) is 0.250. The molecule has 0 spiro atoms. The smallest absolute Gasteiger partial charge is 0.299 e. The first-order valence-electron chi connectivity index (χ1n) is 8.67. The molecule has 0 aliphatic carbocycles. The SMILES string of the molecule is c1ccc(-c2cnc(Nc3ccc(CN4CCNCC4)cc3)o2)cc1. The molecule has 25 heavy (non-hydrogen) atoms. The van der Waals surface area contributed by atoms with Crippen molar-refractivity contribution in [2.24, 2.45) is 0 Å². The minimum atomic E-state index is 0.508. The maximum atomic E-state index is 5.79. The van der Waals surface area contributed by atoms with Gasteiger partial charge in [-0.2, -0.15) is 0 Å². The van der Waals surface area contributed by atoms with Crippen molar-refractivity contribution < 1.29 is 4.42 Å². The number of benzene rings is 2. The standard InChI is InChI=1S/C20H22N4O/c1-2-4-17(5-3-1)19-14-22-20(25-19)23-18-8-6-16(7-9-18)15-24-12-10-21-11-13-24/h1-9,14,21H,10-13,15H2,(H,22,23). The van der Waals surface area contributed by atoms with Gasteiger partial charge in [-0.05, 0) is 17.7 Å². The molecule has 128 valence electrons. The maximum Gasteiger partial charge on any atom is 0.299 e. The lowest BCUT2D eigenvalue weighted by Gasteiger charge is -2.27. The normalized spacial score (nSPS) is 15.2. The molecule has 1 aliphatic heterocycles. The first kappa shape index (κ1) is 15.9. The minimum absolute atomic E-state index is 0.508. The quantitative estimate of drug-likeness (QED) is 0.748. The van der Waals surface area contributed by atoms with E-state index in [0.29, 0.717) is 6.01 Å². The van der Waals surface area contributed by atoms with Crippen LogP contribution in [-0.2, 0) is 6.54 Å². The molecule has 0 amide bonds. The summed E-state index contributed by atoms with van der Waals surface area (Å²) in [6.45, 7) is 5.37. The van der Waals surface area contributed by atoms with Crippen LogP contribution < -0.4 is 10.6 Å². The molecule has 3 aromatic rings. The van der Waals surface area contributed by atoms with E-state index < -0.39 is 0 Å². The largest absolute Gasteiger partial charge is 0.423 e.